The zero-order valence-corrected chi connectivity index (χ0v) is 11.7. The predicted molar refractivity (Wildman–Crippen MR) is 70.9 cm³/mol. The highest BCUT2D eigenvalue weighted by atomic mass is 35.5. The fraction of sp³-hybridized carbons (Fsp3) is 0.667. The number of hydrogen-bond acceptors (Lipinski definition) is 4. The van der Waals surface area contributed by atoms with Gasteiger partial charge in [0.1, 0.15) is 17.3 Å². The summed E-state index contributed by atoms with van der Waals surface area (Å²) in [5, 5.41) is 0.542. The zero-order valence-electron chi connectivity index (χ0n) is 10.9. The van der Waals surface area contributed by atoms with Crippen molar-refractivity contribution in [2.24, 2.45) is 0 Å². The van der Waals surface area contributed by atoms with E-state index < -0.39 is 0 Å². The lowest BCUT2D eigenvalue weighted by Crippen LogP contribution is -2.29. The molecule has 0 N–H and O–H groups in total. The van der Waals surface area contributed by atoms with E-state index in [1.165, 1.54) is 6.33 Å². The summed E-state index contributed by atoms with van der Waals surface area (Å²) in [6.07, 6.45) is 1.51. The number of ether oxygens (including phenoxy) is 1. The fourth-order valence-corrected chi connectivity index (χ4v) is 2.08. The molecule has 0 unspecified atom stereocenters. The molecule has 0 atom stereocenters. The minimum absolute atomic E-state index is 0.301. The third-order valence-electron chi connectivity index (χ3n) is 2.64. The molecule has 4 nitrogen and oxygen atoms in total. The van der Waals surface area contributed by atoms with E-state index >= 15 is 0 Å². The monoisotopic (exact) mass is 257 g/mol. The standard InChI is InChI=1S/C12H20ClN3O/c1-5-16(6-7-17-4)12-10(9(2)3)11(13)14-8-15-12/h8-9H,5-7H2,1-4H3. The molecule has 0 spiro atoms. The molecule has 0 aliphatic heterocycles. The van der Waals surface area contributed by atoms with Crippen LogP contribution in [0, 0.1) is 0 Å². The Balaban J connectivity index is 3.05. The van der Waals surface area contributed by atoms with Crippen molar-refractivity contribution in [1.29, 1.82) is 0 Å². The minimum atomic E-state index is 0.301. The Kier molecular flexibility index (Phi) is 5.65. The van der Waals surface area contributed by atoms with Crippen LogP contribution in [0.3, 0.4) is 0 Å². The van der Waals surface area contributed by atoms with Crippen molar-refractivity contribution in [3.8, 4) is 0 Å². The smallest absolute Gasteiger partial charge is 0.138 e. The van der Waals surface area contributed by atoms with Crippen LogP contribution in [0.4, 0.5) is 5.82 Å². The summed E-state index contributed by atoms with van der Waals surface area (Å²) < 4.78 is 5.11. The van der Waals surface area contributed by atoms with Crippen molar-refractivity contribution >= 4 is 17.4 Å². The Hall–Kier alpha value is -0.870. The summed E-state index contributed by atoms with van der Waals surface area (Å²) >= 11 is 6.15. The molecule has 1 heterocycles. The molecule has 0 radical (unpaired) electrons. The number of aromatic nitrogens is 2. The molecule has 0 aliphatic rings. The third-order valence-corrected chi connectivity index (χ3v) is 2.94. The number of hydrogen-bond donors (Lipinski definition) is 0. The number of likely N-dealkylation sites (N-methyl/N-ethyl adjacent to an activating group) is 1. The average molecular weight is 258 g/mol. The Morgan fingerprint density at radius 2 is 2.12 bits per heavy atom. The summed E-state index contributed by atoms with van der Waals surface area (Å²) in [6, 6.07) is 0. The summed E-state index contributed by atoms with van der Waals surface area (Å²) in [5.41, 5.74) is 1.01. The topological polar surface area (TPSA) is 38.2 Å². The average Bonchev–Trinajstić information content (AvgIpc) is 2.29. The number of methoxy groups -OCH3 is 1. The predicted octanol–water partition coefficient (Wildman–Crippen LogP) is 2.73. The lowest BCUT2D eigenvalue weighted by atomic mass is 10.1. The lowest BCUT2D eigenvalue weighted by molar-refractivity contribution is 0.205. The summed E-state index contributed by atoms with van der Waals surface area (Å²) in [7, 11) is 1.70. The second-order valence-corrected chi connectivity index (χ2v) is 4.49. The van der Waals surface area contributed by atoms with E-state index in [0.29, 0.717) is 17.7 Å². The Morgan fingerprint density at radius 3 is 2.65 bits per heavy atom. The molecule has 5 heteroatoms. The highest BCUT2D eigenvalue weighted by Gasteiger charge is 2.17. The van der Waals surface area contributed by atoms with Gasteiger partial charge < -0.3 is 9.64 Å². The van der Waals surface area contributed by atoms with Crippen LogP contribution >= 0.6 is 11.6 Å². The SMILES string of the molecule is CCN(CCOC)c1ncnc(Cl)c1C(C)C. The first kappa shape index (κ1) is 14.2. The molecule has 0 fully saturated rings. The molecule has 96 valence electrons. The molecule has 1 aromatic heterocycles. The maximum Gasteiger partial charge on any atom is 0.138 e. The molecule has 1 aromatic rings. The van der Waals surface area contributed by atoms with Crippen LogP contribution in [-0.4, -0.2) is 36.8 Å². The van der Waals surface area contributed by atoms with Gasteiger partial charge >= 0.3 is 0 Å². The van der Waals surface area contributed by atoms with E-state index in [1.54, 1.807) is 7.11 Å². The molecular weight excluding hydrogens is 238 g/mol. The molecule has 0 saturated heterocycles. The van der Waals surface area contributed by atoms with Crippen LogP contribution in [0.5, 0.6) is 0 Å². The molecular formula is C12H20ClN3O. The lowest BCUT2D eigenvalue weighted by Gasteiger charge is -2.25. The number of halogens is 1. The molecule has 17 heavy (non-hydrogen) atoms. The van der Waals surface area contributed by atoms with Gasteiger partial charge in [-0.05, 0) is 12.8 Å². The van der Waals surface area contributed by atoms with Crippen LogP contribution in [-0.2, 0) is 4.74 Å². The van der Waals surface area contributed by atoms with E-state index in [-0.39, 0.29) is 0 Å². The molecule has 0 aromatic carbocycles. The quantitative estimate of drug-likeness (QED) is 0.735. The van der Waals surface area contributed by atoms with Gasteiger partial charge in [-0.25, -0.2) is 9.97 Å². The van der Waals surface area contributed by atoms with Gasteiger partial charge in [0.25, 0.3) is 0 Å². The normalized spacial score (nSPS) is 10.9. The second-order valence-electron chi connectivity index (χ2n) is 4.13. The van der Waals surface area contributed by atoms with Crippen molar-refractivity contribution in [1.82, 2.24) is 9.97 Å². The Morgan fingerprint density at radius 1 is 1.41 bits per heavy atom. The molecule has 0 amide bonds. The van der Waals surface area contributed by atoms with Crippen LogP contribution in [0.25, 0.3) is 0 Å². The van der Waals surface area contributed by atoms with Gasteiger partial charge in [0.15, 0.2) is 0 Å². The Bertz CT molecular complexity index is 358. The maximum atomic E-state index is 6.15. The summed E-state index contributed by atoms with van der Waals surface area (Å²) in [6.45, 7) is 8.63. The highest BCUT2D eigenvalue weighted by molar-refractivity contribution is 6.30. The van der Waals surface area contributed by atoms with E-state index in [9.17, 15) is 0 Å². The first-order valence-corrected chi connectivity index (χ1v) is 6.23. The van der Waals surface area contributed by atoms with Crippen molar-refractivity contribution in [2.75, 3.05) is 31.7 Å². The zero-order chi connectivity index (χ0) is 12.8. The third kappa shape index (κ3) is 3.54. The van der Waals surface area contributed by atoms with Gasteiger partial charge in [-0.1, -0.05) is 25.4 Å². The van der Waals surface area contributed by atoms with Crippen LogP contribution < -0.4 is 4.90 Å². The maximum absolute atomic E-state index is 6.15. The van der Waals surface area contributed by atoms with E-state index in [2.05, 4.69) is 35.6 Å². The van der Waals surface area contributed by atoms with Crippen LogP contribution in [0.15, 0.2) is 6.33 Å². The van der Waals surface area contributed by atoms with E-state index in [4.69, 9.17) is 16.3 Å². The largest absolute Gasteiger partial charge is 0.383 e. The minimum Gasteiger partial charge on any atom is -0.383 e. The van der Waals surface area contributed by atoms with Gasteiger partial charge in [0.05, 0.1) is 6.61 Å². The molecule has 0 bridgehead atoms. The number of rotatable bonds is 6. The first-order valence-electron chi connectivity index (χ1n) is 5.86. The number of nitrogens with zero attached hydrogens (tertiary/aromatic N) is 3. The van der Waals surface area contributed by atoms with Gasteiger partial charge in [-0.15, -0.1) is 0 Å². The van der Waals surface area contributed by atoms with E-state index in [1.807, 2.05) is 0 Å². The van der Waals surface area contributed by atoms with Crippen molar-refractivity contribution in [3.05, 3.63) is 17.0 Å². The van der Waals surface area contributed by atoms with Crippen LogP contribution in [0.1, 0.15) is 32.3 Å². The van der Waals surface area contributed by atoms with Crippen molar-refractivity contribution in [2.45, 2.75) is 26.7 Å². The van der Waals surface area contributed by atoms with Gasteiger partial charge in [0.2, 0.25) is 0 Å². The van der Waals surface area contributed by atoms with E-state index in [0.717, 1.165) is 24.5 Å². The molecule has 0 aliphatic carbocycles. The summed E-state index contributed by atoms with van der Waals surface area (Å²) in [5.74, 6) is 1.22. The second kappa shape index (κ2) is 6.77. The van der Waals surface area contributed by atoms with Gasteiger partial charge in [-0.2, -0.15) is 0 Å². The van der Waals surface area contributed by atoms with Crippen molar-refractivity contribution in [3.63, 3.8) is 0 Å². The van der Waals surface area contributed by atoms with Crippen molar-refractivity contribution < 1.29 is 4.74 Å². The highest BCUT2D eigenvalue weighted by Crippen LogP contribution is 2.30. The first-order chi connectivity index (χ1) is 8.11. The van der Waals surface area contributed by atoms with Crippen LogP contribution in [0.2, 0.25) is 5.15 Å². The van der Waals surface area contributed by atoms with Gasteiger partial charge in [-0.3, -0.25) is 0 Å². The Labute approximate surface area is 108 Å². The van der Waals surface area contributed by atoms with Gasteiger partial charge in [0, 0.05) is 25.8 Å². The summed E-state index contributed by atoms with van der Waals surface area (Å²) in [4.78, 5) is 10.6. The molecule has 1 rings (SSSR count). The number of anilines is 1. The molecule has 0 saturated carbocycles. The fourth-order valence-electron chi connectivity index (χ4n) is 1.73.